The minimum atomic E-state index is -0.671. The Hall–Kier alpha value is -4.72. The van der Waals surface area contributed by atoms with Gasteiger partial charge in [-0.3, -0.25) is 19.0 Å². The number of H-pyrrole nitrogens is 1. The summed E-state index contributed by atoms with van der Waals surface area (Å²) in [5.41, 5.74) is 1.05. The number of carbonyl (C=O) groups excluding carboxylic acids is 2. The number of hydrogen-bond acceptors (Lipinski definition) is 5. The number of benzene rings is 3. The molecule has 2 heterocycles. The molecule has 0 saturated heterocycles. The maximum atomic E-state index is 13.1. The van der Waals surface area contributed by atoms with Gasteiger partial charge in [-0.05, 0) is 37.3 Å². The minimum Gasteiger partial charge on any atom is -0.461 e. The zero-order valence-electron chi connectivity index (χ0n) is 18.1. The van der Waals surface area contributed by atoms with Crippen molar-refractivity contribution in [3.63, 3.8) is 0 Å². The second-order valence-electron chi connectivity index (χ2n) is 7.85. The first kappa shape index (κ1) is 21.1. The first-order chi connectivity index (χ1) is 16.4. The van der Waals surface area contributed by atoms with Crippen molar-refractivity contribution >= 4 is 39.2 Å². The van der Waals surface area contributed by atoms with Crippen molar-refractivity contribution in [2.75, 3.05) is 5.32 Å². The van der Waals surface area contributed by atoms with E-state index in [9.17, 15) is 19.2 Å². The number of aromatic amines is 1. The average molecular weight is 453 g/mol. The number of hydrogen-bond donors (Lipinski definition) is 2. The SMILES string of the molecule is Cc1oc2ccc(NC(=O)Cn3c(=O)[nH]c4ccccc4c3=O)cc2c1C(=O)c1ccccc1. The molecule has 0 unspecified atom stereocenters. The van der Waals surface area contributed by atoms with Crippen molar-refractivity contribution in [2.24, 2.45) is 0 Å². The molecule has 0 fully saturated rings. The molecule has 0 atom stereocenters. The molecule has 5 aromatic rings. The summed E-state index contributed by atoms with van der Waals surface area (Å²) in [7, 11) is 0. The molecule has 8 heteroatoms. The summed E-state index contributed by atoms with van der Waals surface area (Å²) in [5.74, 6) is -0.269. The van der Waals surface area contributed by atoms with E-state index in [0.717, 1.165) is 4.57 Å². The Balaban J connectivity index is 1.45. The second-order valence-corrected chi connectivity index (χ2v) is 7.85. The quantitative estimate of drug-likeness (QED) is 0.395. The molecule has 0 aliphatic carbocycles. The predicted octanol–water partition coefficient (Wildman–Crippen LogP) is 3.61. The number of para-hydroxylation sites is 1. The van der Waals surface area contributed by atoms with E-state index < -0.39 is 23.7 Å². The highest BCUT2D eigenvalue weighted by Gasteiger charge is 2.20. The van der Waals surface area contributed by atoms with Crippen LogP contribution in [0, 0.1) is 6.92 Å². The number of aromatic nitrogens is 2. The molecule has 5 rings (SSSR count). The number of amides is 1. The summed E-state index contributed by atoms with van der Waals surface area (Å²) in [6.07, 6.45) is 0. The Morgan fingerprint density at radius 3 is 2.47 bits per heavy atom. The van der Waals surface area contributed by atoms with Crippen molar-refractivity contribution in [2.45, 2.75) is 13.5 Å². The van der Waals surface area contributed by atoms with Gasteiger partial charge in [0.25, 0.3) is 5.56 Å². The molecule has 0 saturated carbocycles. The maximum absolute atomic E-state index is 13.1. The van der Waals surface area contributed by atoms with E-state index in [1.165, 1.54) is 0 Å². The molecule has 3 aromatic carbocycles. The lowest BCUT2D eigenvalue weighted by Gasteiger charge is -2.08. The number of nitrogens with one attached hydrogen (secondary N) is 2. The van der Waals surface area contributed by atoms with Gasteiger partial charge in [-0.1, -0.05) is 42.5 Å². The van der Waals surface area contributed by atoms with Crippen LogP contribution < -0.4 is 16.6 Å². The van der Waals surface area contributed by atoms with E-state index in [2.05, 4.69) is 10.3 Å². The van der Waals surface area contributed by atoms with Crippen molar-refractivity contribution in [1.29, 1.82) is 0 Å². The maximum Gasteiger partial charge on any atom is 0.329 e. The van der Waals surface area contributed by atoms with Crippen molar-refractivity contribution in [3.8, 4) is 0 Å². The molecule has 168 valence electrons. The van der Waals surface area contributed by atoms with Crippen LogP contribution in [0.15, 0.2) is 86.8 Å². The molecule has 2 aromatic heterocycles. The highest BCUT2D eigenvalue weighted by molar-refractivity contribution is 6.17. The van der Waals surface area contributed by atoms with Gasteiger partial charge in [0.1, 0.15) is 17.9 Å². The Morgan fingerprint density at radius 2 is 1.68 bits per heavy atom. The lowest BCUT2D eigenvalue weighted by molar-refractivity contribution is -0.116. The molecule has 34 heavy (non-hydrogen) atoms. The number of carbonyl (C=O) groups is 2. The standard InChI is InChI=1S/C26H19N3O5/c1-15-23(24(31)16-7-3-2-4-8-16)19-13-17(11-12-21(19)34-15)27-22(30)14-29-25(32)18-9-5-6-10-20(18)28-26(29)33/h2-13H,14H2,1H3,(H,27,30)(H,28,33). The molecular formula is C26H19N3O5. The Bertz CT molecular complexity index is 1690. The second kappa shape index (κ2) is 8.32. The molecule has 1 amide bonds. The summed E-state index contributed by atoms with van der Waals surface area (Å²) in [6.45, 7) is 1.25. The van der Waals surface area contributed by atoms with Gasteiger partial charge in [-0.2, -0.15) is 0 Å². The number of rotatable bonds is 5. The average Bonchev–Trinajstić information content (AvgIpc) is 3.16. The molecule has 0 aliphatic heterocycles. The normalized spacial score (nSPS) is 11.1. The highest BCUT2D eigenvalue weighted by atomic mass is 16.3. The third kappa shape index (κ3) is 3.71. The third-order valence-corrected chi connectivity index (χ3v) is 5.60. The van der Waals surface area contributed by atoms with Gasteiger partial charge >= 0.3 is 5.69 Å². The van der Waals surface area contributed by atoms with Gasteiger partial charge in [0.05, 0.1) is 16.5 Å². The first-order valence-corrected chi connectivity index (χ1v) is 10.6. The Morgan fingerprint density at radius 1 is 0.941 bits per heavy atom. The van der Waals surface area contributed by atoms with E-state index in [4.69, 9.17) is 4.42 Å². The van der Waals surface area contributed by atoms with Crippen LogP contribution in [-0.2, 0) is 11.3 Å². The zero-order chi connectivity index (χ0) is 23.8. The van der Waals surface area contributed by atoms with Crippen LogP contribution in [0.2, 0.25) is 0 Å². The number of anilines is 1. The van der Waals surface area contributed by atoms with Gasteiger partial charge in [-0.15, -0.1) is 0 Å². The van der Waals surface area contributed by atoms with Crippen LogP contribution in [0.25, 0.3) is 21.9 Å². The molecule has 0 spiro atoms. The molecular weight excluding hydrogens is 434 g/mol. The lowest BCUT2D eigenvalue weighted by Crippen LogP contribution is -2.38. The van der Waals surface area contributed by atoms with Crippen molar-refractivity contribution < 1.29 is 14.0 Å². The fraction of sp³-hybridized carbons (Fsp3) is 0.0769. The molecule has 0 bridgehead atoms. The first-order valence-electron chi connectivity index (χ1n) is 10.6. The fourth-order valence-corrected chi connectivity index (χ4v) is 4.00. The van der Waals surface area contributed by atoms with Crippen LogP contribution in [0.5, 0.6) is 0 Å². The summed E-state index contributed by atoms with van der Waals surface area (Å²) in [4.78, 5) is 53.4. The zero-order valence-corrected chi connectivity index (χ0v) is 18.1. The number of nitrogens with zero attached hydrogens (tertiary/aromatic N) is 1. The van der Waals surface area contributed by atoms with E-state index in [0.29, 0.717) is 44.4 Å². The van der Waals surface area contributed by atoms with Crippen molar-refractivity contribution in [1.82, 2.24) is 9.55 Å². The van der Waals surface area contributed by atoms with Gasteiger partial charge in [0.15, 0.2) is 5.78 Å². The van der Waals surface area contributed by atoms with E-state index in [1.54, 1.807) is 73.7 Å². The van der Waals surface area contributed by atoms with Gasteiger partial charge < -0.3 is 14.7 Å². The van der Waals surface area contributed by atoms with Crippen molar-refractivity contribution in [3.05, 3.63) is 111 Å². The molecule has 8 nitrogen and oxygen atoms in total. The third-order valence-electron chi connectivity index (χ3n) is 5.60. The van der Waals surface area contributed by atoms with Crippen LogP contribution in [0.3, 0.4) is 0 Å². The lowest BCUT2D eigenvalue weighted by atomic mass is 10.0. The van der Waals surface area contributed by atoms with E-state index in [-0.39, 0.29) is 5.78 Å². The molecule has 0 radical (unpaired) electrons. The van der Waals surface area contributed by atoms with Crippen LogP contribution in [-0.4, -0.2) is 21.2 Å². The number of fused-ring (bicyclic) bond motifs is 2. The summed E-state index contributed by atoms with van der Waals surface area (Å²) >= 11 is 0. The number of aryl methyl sites for hydroxylation is 1. The van der Waals surface area contributed by atoms with Gasteiger partial charge in [-0.25, -0.2) is 4.79 Å². The number of furan rings is 1. The monoisotopic (exact) mass is 453 g/mol. The van der Waals surface area contributed by atoms with Gasteiger partial charge in [0, 0.05) is 16.6 Å². The predicted molar refractivity (Wildman–Crippen MR) is 128 cm³/mol. The summed E-state index contributed by atoms with van der Waals surface area (Å²) in [5, 5.41) is 3.57. The van der Waals surface area contributed by atoms with Gasteiger partial charge in [0.2, 0.25) is 5.91 Å². The fourth-order valence-electron chi connectivity index (χ4n) is 4.00. The number of ketones is 1. The van der Waals surface area contributed by atoms with Crippen LogP contribution in [0.4, 0.5) is 5.69 Å². The Kier molecular flexibility index (Phi) is 5.18. The van der Waals surface area contributed by atoms with E-state index in [1.807, 2.05) is 6.07 Å². The largest absolute Gasteiger partial charge is 0.461 e. The minimum absolute atomic E-state index is 0.186. The molecule has 2 N–H and O–H groups in total. The summed E-state index contributed by atoms with van der Waals surface area (Å²) < 4.78 is 6.59. The van der Waals surface area contributed by atoms with Crippen LogP contribution in [0.1, 0.15) is 21.7 Å². The van der Waals surface area contributed by atoms with Crippen LogP contribution >= 0.6 is 0 Å². The molecule has 0 aliphatic rings. The Labute approximate surface area is 192 Å². The van der Waals surface area contributed by atoms with E-state index >= 15 is 0 Å². The smallest absolute Gasteiger partial charge is 0.329 e. The highest BCUT2D eigenvalue weighted by Crippen LogP contribution is 2.30. The summed E-state index contributed by atoms with van der Waals surface area (Å²) in [6, 6.07) is 20.4. The topological polar surface area (TPSA) is 114 Å².